The molecule has 1 aliphatic rings. The first-order valence-electron chi connectivity index (χ1n) is 8.62. The summed E-state index contributed by atoms with van der Waals surface area (Å²) in [4.78, 5) is 20.8. The summed E-state index contributed by atoms with van der Waals surface area (Å²) >= 11 is 6.08. The number of fused-ring (bicyclic) bond motifs is 3. The van der Waals surface area contributed by atoms with E-state index in [2.05, 4.69) is 14.7 Å². The van der Waals surface area contributed by atoms with Gasteiger partial charge in [-0.05, 0) is 23.6 Å². The molecule has 2 heterocycles. The first-order chi connectivity index (χ1) is 13.8. The summed E-state index contributed by atoms with van der Waals surface area (Å²) in [5.41, 5.74) is -3.58. The summed E-state index contributed by atoms with van der Waals surface area (Å²) in [6.07, 6.45) is -5.11. The van der Waals surface area contributed by atoms with Crippen LogP contribution in [0, 0.1) is 0 Å². The van der Waals surface area contributed by atoms with Crippen molar-refractivity contribution >= 4 is 45.1 Å². The molecular weight excluding hydrogens is 409 g/mol. The number of esters is 1. The maximum atomic E-state index is 14.6. The Morgan fingerprint density at radius 1 is 1.14 bits per heavy atom. The number of benzene rings is 2. The first-order valence-corrected chi connectivity index (χ1v) is 9.00. The fraction of sp³-hybridized carbons (Fsp3) is 0.250. The molecule has 9 heteroatoms. The van der Waals surface area contributed by atoms with Crippen molar-refractivity contribution in [3.63, 3.8) is 0 Å². The summed E-state index contributed by atoms with van der Waals surface area (Å²) < 4.78 is 53.6. The quantitative estimate of drug-likeness (QED) is 0.462. The van der Waals surface area contributed by atoms with E-state index in [4.69, 9.17) is 16.3 Å². The van der Waals surface area contributed by atoms with Crippen LogP contribution in [-0.4, -0.2) is 43.3 Å². The van der Waals surface area contributed by atoms with Crippen LogP contribution in [0.15, 0.2) is 47.5 Å². The molecule has 0 spiro atoms. The van der Waals surface area contributed by atoms with Gasteiger partial charge in [0.15, 0.2) is 0 Å². The van der Waals surface area contributed by atoms with Crippen molar-refractivity contribution in [1.82, 2.24) is 4.98 Å². The van der Waals surface area contributed by atoms with Crippen LogP contribution in [-0.2, 0) is 19.7 Å². The summed E-state index contributed by atoms with van der Waals surface area (Å²) in [7, 11) is 0.890. The van der Waals surface area contributed by atoms with Gasteiger partial charge in [-0.3, -0.25) is 14.8 Å². The molecule has 3 aromatic rings. The fourth-order valence-electron chi connectivity index (χ4n) is 3.58. The third kappa shape index (κ3) is 2.81. The van der Waals surface area contributed by atoms with Gasteiger partial charge in [0.05, 0.1) is 24.9 Å². The largest absolute Gasteiger partial charge is 0.478 e. The predicted octanol–water partition coefficient (Wildman–Crippen LogP) is 4.44. The summed E-state index contributed by atoms with van der Waals surface area (Å²) in [6, 6.07) is 11.0. The van der Waals surface area contributed by atoms with Crippen molar-refractivity contribution in [3.8, 4) is 0 Å². The number of ether oxygens (including phenoxy) is 2. The van der Waals surface area contributed by atoms with E-state index in [-0.39, 0.29) is 24.1 Å². The Kier molecular flexibility index (Phi) is 4.61. The van der Waals surface area contributed by atoms with Crippen molar-refractivity contribution in [1.29, 1.82) is 0 Å². The molecule has 0 amide bonds. The molecule has 0 N–H and O–H groups in total. The van der Waals surface area contributed by atoms with Gasteiger partial charge in [0.2, 0.25) is 5.90 Å². The molecule has 0 radical (unpaired) electrons. The standard InChI is InChI=1S/C20H14ClF3N2O3/c1-28-18(27)19(20(22,23)24,17-25-8-9-29-17)16-13-5-3-2-4-12(13)14-10-11(21)6-7-15(14)26-16/h2-7,10H,8-9H2,1H3. The Morgan fingerprint density at radius 3 is 2.48 bits per heavy atom. The van der Waals surface area contributed by atoms with Gasteiger partial charge in [0.25, 0.3) is 5.41 Å². The van der Waals surface area contributed by atoms with E-state index in [1.165, 1.54) is 18.2 Å². The number of aliphatic imine (C=N–C) groups is 1. The van der Waals surface area contributed by atoms with Crippen LogP contribution in [0.1, 0.15) is 5.69 Å². The highest BCUT2D eigenvalue weighted by Crippen LogP contribution is 2.47. The van der Waals surface area contributed by atoms with Gasteiger partial charge in [0.1, 0.15) is 6.61 Å². The lowest BCUT2D eigenvalue weighted by atomic mass is 9.79. The third-order valence-electron chi connectivity index (χ3n) is 4.84. The van der Waals surface area contributed by atoms with Crippen LogP contribution in [0.4, 0.5) is 13.2 Å². The Labute approximate surface area is 168 Å². The molecule has 0 saturated heterocycles. The van der Waals surface area contributed by atoms with Crippen molar-refractivity contribution in [2.24, 2.45) is 4.99 Å². The minimum atomic E-state index is -5.11. The van der Waals surface area contributed by atoms with Crippen LogP contribution in [0.3, 0.4) is 0 Å². The second-order valence-electron chi connectivity index (χ2n) is 6.44. The van der Waals surface area contributed by atoms with E-state index in [1.54, 1.807) is 24.3 Å². The Hall–Kier alpha value is -2.87. The van der Waals surface area contributed by atoms with E-state index in [0.29, 0.717) is 15.8 Å². The zero-order valence-corrected chi connectivity index (χ0v) is 15.8. The molecule has 150 valence electrons. The zero-order chi connectivity index (χ0) is 20.8. The highest BCUT2D eigenvalue weighted by atomic mass is 35.5. The molecule has 1 aromatic heterocycles. The lowest BCUT2D eigenvalue weighted by Gasteiger charge is -2.32. The molecular formula is C20H14ClF3N2O3. The molecule has 1 atom stereocenters. The Morgan fingerprint density at radius 2 is 1.86 bits per heavy atom. The van der Waals surface area contributed by atoms with E-state index in [0.717, 1.165) is 7.11 Å². The molecule has 0 aliphatic carbocycles. The molecule has 4 rings (SSSR count). The van der Waals surface area contributed by atoms with Crippen LogP contribution < -0.4 is 0 Å². The van der Waals surface area contributed by atoms with E-state index >= 15 is 0 Å². The zero-order valence-electron chi connectivity index (χ0n) is 15.1. The number of methoxy groups -OCH3 is 1. The number of pyridine rings is 1. The number of carbonyl (C=O) groups excluding carboxylic acids is 1. The number of hydrogen-bond donors (Lipinski definition) is 0. The van der Waals surface area contributed by atoms with Crippen molar-refractivity contribution < 1.29 is 27.4 Å². The minimum absolute atomic E-state index is 0.00524. The Balaban J connectivity index is 2.21. The average molecular weight is 423 g/mol. The third-order valence-corrected chi connectivity index (χ3v) is 5.08. The number of aromatic nitrogens is 1. The smallest absolute Gasteiger partial charge is 0.419 e. The lowest BCUT2D eigenvalue weighted by Crippen LogP contribution is -2.56. The molecule has 1 unspecified atom stereocenters. The second-order valence-corrected chi connectivity index (χ2v) is 6.88. The predicted molar refractivity (Wildman–Crippen MR) is 102 cm³/mol. The monoisotopic (exact) mass is 422 g/mol. The highest BCUT2D eigenvalue weighted by Gasteiger charge is 2.69. The van der Waals surface area contributed by atoms with Gasteiger partial charge in [-0.25, -0.2) is 0 Å². The molecule has 0 bridgehead atoms. The molecule has 2 aromatic carbocycles. The van der Waals surface area contributed by atoms with Gasteiger partial charge < -0.3 is 9.47 Å². The van der Waals surface area contributed by atoms with Crippen LogP contribution in [0.2, 0.25) is 5.02 Å². The fourth-order valence-corrected chi connectivity index (χ4v) is 3.76. The number of halogens is 4. The number of hydrogen-bond acceptors (Lipinski definition) is 5. The van der Waals surface area contributed by atoms with Gasteiger partial charge >= 0.3 is 12.1 Å². The number of rotatable bonds is 3. The van der Waals surface area contributed by atoms with E-state index in [9.17, 15) is 18.0 Å². The van der Waals surface area contributed by atoms with E-state index < -0.39 is 29.2 Å². The minimum Gasteiger partial charge on any atom is -0.478 e. The van der Waals surface area contributed by atoms with Gasteiger partial charge in [0, 0.05) is 15.8 Å². The summed E-state index contributed by atoms with van der Waals surface area (Å²) in [5, 5.41) is 1.57. The summed E-state index contributed by atoms with van der Waals surface area (Å²) in [5.74, 6) is -2.32. The molecule has 0 fully saturated rings. The van der Waals surface area contributed by atoms with Crippen molar-refractivity contribution in [2.45, 2.75) is 11.6 Å². The topological polar surface area (TPSA) is 60.8 Å². The van der Waals surface area contributed by atoms with Crippen LogP contribution in [0.25, 0.3) is 21.7 Å². The van der Waals surface area contributed by atoms with E-state index in [1.807, 2.05) is 0 Å². The maximum Gasteiger partial charge on any atom is 0.419 e. The Bertz CT molecular complexity index is 1160. The summed E-state index contributed by atoms with van der Waals surface area (Å²) in [6.45, 7) is -0.0590. The van der Waals surface area contributed by atoms with Gasteiger partial charge in [-0.15, -0.1) is 0 Å². The molecule has 1 aliphatic heterocycles. The van der Waals surface area contributed by atoms with Crippen LogP contribution >= 0.6 is 11.6 Å². The molecule has 29 heavy (non-hydrogen) atoms. The normalized spacial score (nSPS) is 16.4. The lowest BCUT2D eigenvalue weighted by molar-refractivity contribution is -0.195. The highest BCUT2D eigenvalue weighted by molar-refractivity contribution is 6.31. The first kappa shape index (κ1) is 19.4. The number of carbonyl (C=O) groups is 1. The SMILES string of the molecule is COC(=O)C(C1=NCCO1)(c1nc2ccc(Cl)cc2c2ccccc12)C(F)(F)F. The van der Waals surface area contributed by atoms with Gasteiger partial charge in [-0.1, -0.05) is 35.9 Å². The average Bonchev–Trinajstić information content (AvgIpc) is 3.22. The van der Waals surface area contributed by atoms with Crippen LogP contribution in [0.5, 0.6) is 0 Å². The maximum absolute atomic E-state index is 14.6. The molecule has 5 nitrogen and oxygen atoms in total. The van der Waals surface area contributed by atoms with Crippen molar-refractivity contribution in [2.75, 3.05) is 20.3 Å². The van der Waals surface area contributed by atoms with Gasteiger partial charge in [-0.2, -0.15) is 13.2 Å². The molecule has 0 saturated carbocycles. The number of alkyl halides is 3. The van der Waals surface area contributed by atoms with Crippen molar-refractivity contribution in [3.05, 3.63) is 53.2 Å². The second kappa shape index (κ2) is 6.88. The number of nitrogens with zero attached hydrogens (tertiary/aromatic N) is 2.